The molecule has 0 saturated heterocycles. The van der Waals surface area contributed by atoms with Gasteiger partial charge in [0.25, 0.3) is 7.37 Å². The van der Waals surface area contributed by atoms with Gasteiger partial charge < -0.3 is 19.7 Å². The highest BCUT2D eigenvalue weighted by atomic mass is 31.2. The highest BCUT2D eigenvalue weighted by Crippen LogP contribution is 2.41. The standard InChI is InChI=1S/C23H23FNO5P/c1-15(2)25-20-6-4-3-5-19(20)23(16-7-9-17(24)10-8-16)21(25)11-12-31(29,30)14-18(26)13-22(27)28/h3-10,15,18,26H,13-14H2,1-2H3,(H,27,28)(H,29,30)/t18-/m0/s1. The van der Waals surface area contributed by atoms with Gasteiger partial charge in [-0.15, -0.1) is 0 Å². The third-order valence-corrected chi connectivity index (χ3v) is 6.16. The second-order valence-corrected chi connectivity index (χ2v) is 9.58. The summed E-state index contributed by atoms with van der Waals surface area (Å²) in [5.74, 6) is 1.17. The zero-order valence-corrected chi connectivity index (χ0v) is 18.0. The normalized spacial score (nSPS) is 14.1. The number of aliphatic hydroxyl groups is 1. The van der Waals surface area contributed by atoms with Gasteiger partial charge in [-0.2, -0.15) is 0 Å². The van der Waals surface area contributed by atoms with Crippen molar-refractivity contribution in [2.75, 3.05) is 6.16 Å². The van der Waals surface area contributed by atoms with Crippen LogP contribution in [-0.4, -0.2) is 37.9 Å². The second kappa shape index (κ2) is 9.07. The zero-order chi connectivity index (χ0) is 22.8. The lowest BCUT2D eigenvalue weighted by molar-refractivity contribution is -0.138. The molecule has 0 aliphatic rings. The van der Waals surface area contributed by atoms with E-state index in [1.165, 1.54) is 12.1 Å². The highest BCUT2D eigenvalue weighted by molar-refractivity contribution is 7.63. The fourth-order valence-electron chi connectivity index (χ4n) is 3.57. The molecule has 0 amide bonds. The molecule has 1 aromatic heterocycles. The highest BCUT2D eigenvalue weighted by Gasteiger charge is 2.24. The predicted octanol–water partition coefficient (Wildman–Crippen LogP) is 4.44. The Morgan fingerprint density at radius 1 is 1.16 bits per heavy atom. The van der Waals surface area contributed by atoms with Crippen LogP contribution in [0, 0.1) is 17.4 Å². The second-order valence-electron chi connectivity index (χ2n) is 7.58. The maximum absolute atomic E-state index is 13.5. The molecule has 2 aromatic carbocycles. The number of carboxylic acids is 1. The molecule has 0 radical (unpaired) electrons. The number of carbonyl (C=O) groups is 1. The maximum Gasteiger partial charge on any atom is 0.305 e. The topological polar surface area (TPSA) is 99.8 Å². The summed E-state index contributed by atoms with van der Waals surface area (Å²) < 4.78 is 28.0. The summed E-state index contributed by atoms with van der Waals surface area (Å²) in [6, 6.07) is 13.5. The van der Waals surface area contributed by atoms with Gasteiger partial charge in [0.15, 0.2) is 0 Å². The molecule has 162 valence electrons. The van der Waals surface area contributed by atoms with E-state index in [0.29, 0.717) is 16.8 Å². The van der Waals surface area contributed by atoms with Crippen molar-refractivity contribution in [3.63, 3.8) is 0 Å². The smallest absolute Gasteiger partial charge is 0.305 e. The molecule has 8 heteroatoms. The van der Waals surface area contributed by atoms with Crippen LogP contribution in [0.15, 0.2) is 48.5 Å². The SMILES string of the molecule is CC(C)n1c(C#CP(=O)(O)C[C@@H](O)CC(=O)O)c(-c2ccc(F)cc2)c2ccccc21. The minimum absolute atomic E-state index is 0.0286. The van der Waals surface area contributed by atoms with Crippen LogP contribution in [0.25, 0.3) is 22.0 Å². The van der Waals surface area contributed by atoms with Crippen molar-refractivity contribution in [3.8, 4) is 22.7 Å². The summed E-state index contributed by atoms with van der Waals surface area (Å²) in [5, 5.41) is 19.4. The monoisotopic (exact) mass is 443 g/mol. The number of fused-ring (bicyclic) bond motifs is 1. The summed E-state index contributed by atoms with van der Waals surface area (Å²) in [6.45, 7) is 3.92. The van der Waals surface area contributed by atoms with Crippen molar-refractivity contribution in [3.05, 3.63) is 60.0 Å². The molecule has 3 aromatic rings. The van der Waals surface area contributed by atoms with Crippen molar-refractivity contribution < 1.29 is 28.9 Å². The van der Waals surface area contributed by atoms with Crippen LogP contribution < -0.4 is 0 Å². The molecule has 0 bridgehead atoms. The van der Waals surface area contributed by atoms with Gasteiger partial charge in [0.2, 0.25) is 0 Å². The van der Waals surface area contributed by atoms with Gasteiger partial charge in [-0.05, 0) is 49.2 Å². The van der Waals surface area contributed by atoms with Gasteiger partial charge in [0.1, 0.15) is 11.5 Å². The summed E-state index contributed by atoms with van der Waals surface area (Å²) in [4.78, 5) is 21.0. The Morgan fingerprint density at radius 3 is 2.42 bits per heavy atom. The molecular weight excluding hydrogens is 420 g/mol. The molecule has 3 rings (SSSR count). The van der Waals surface area contributed by atoms with Crippen LogP contribution >= 0.6 is 7.37 Å². The quantitative estimate of drug-likeness (QED) is 0.386. The van der Waals surface area contributed by atoms with Gasteiger partial charge in [-0.25, -0.2) is 4.39 Å². The molecule has 2 atom stereocenters. The minimum atomic E-state index is -4.13. The van der Waals surface area contributed by atoms with E-state index in [-0.39, 0.29) is 11.9 Å². The Balaban J connectivity index is 2.18. The molecule has 1 heterocycles. The van der Waals surface area contributed by atoms with Gasteiger partial charge in [0, 0.05) is 22.5 Å². The average Bonchev–Trinajstić information content (AvgIpc) is 3.00. The van der Waals surface area contributed by atoms with E-state index in [4.69, 9.17) is 5.11 Å². The Labute approximate surface area is 179 Å². The molecule has 0 aliphatic heterocycles. The Kier molecular flexibility index (Phi) is 6.66. The van der Waals surface area contributed by atoms with Crippen molar-refractivity contribution in [2.24, 2.45) is 0 Å². The van der Waals surface area contributed by atoms with Crippen LogP contribution in [-0.2, 0) is 9.36 Å². The van der Waals surface area contributed by atoms with Crippen molar-refractivity contribution >= 4 is 24.2 Å². The third-order valence-electron chi connectivity index (χ3n) is 4.78. The van der Waals surface area contributed by atoms with E-state index in [9.17, 15) is 23.7 Å². The van der Waals surface area contributed by atoms with Crippen LogP contribution in [0.5, 0.6) is 0 Å². The molecule has 0 aliphatic carbocycles. The molecule has 0 fully saturated rings. The van der Waals surface area contributed by atoms with Crippen LogP contribution in [0.2, 0.25) is 0 Å². The number of nitrogens with zero attached hydrogens (tertiary/aromatic N) is 1. The van der Waals surface area contributed by atoms with E-state index < -0.39 is 32.0 Å². The molecule has 3 N–H and O–H groups in total. The number of rotatable bonds is 6. The third kappa shape index (κ3) is 5.23. The van der Waals surface area contributed by atoms with Gasteiger partial charge in [0.05, 0.1) is 18.7 Å². The van der Waals surface area contributed by atoms with Crippen molar-refractivity contribution in [1.29, 1.82) is 0 Å². The number of para-hydroxylation sites is 1. The van der Waals surface area contributed by atoms with E-state index >= 15 is 0 Å². The predicted molar refractivity (Wildman–Crippen MR) is 118 cm³/mol. The molecule has 6 nitrogen and oxygen atoms in total. The first kappa shape index (κ1) is 22.8. The summed E-state index contributed by atoms with van der Waals surface area (Å²) in [6.07, 6.45) is -2.76. The van der Waals surface area contributed by atoms with Gasteiger partial charge in [-0.1, -0.05) is 30.3 Å². The van der Waals surface area contributed by atoms with Crippen LogP contribution in [0.1, 0.15) is 32.0 Å². The van der Waals surface area contributed by atoms with E-state index in [0.717, 1.165) is 10.9 Å². The number of aromatic nitrogens is 1. The molecular formula is C23H23FNO5P. The Morgan fingerprint density at radius 2 is 1.81 bits per heavy atom. The lowest BCUT2D eigenvalue weighted by atomic mass is 10.0. The van der Waals surface area contributed by atoms with E-state index in [1.807, 2.05) is 42.7 Å². The average molecular weight is 443 g/mol. The molecule has 1 unspecified atom stereocenters. The molecule has 31 heavy (non-hydrogen) atoms. The summed E-state index contributed by atoms with van der Waals surface area (Å²) >= 11 is 0. The number of aliphatic hydroxyl groups excluding tert-OH is 1. The first-order valence-electron chi connectivity index (χ1n) is 9.73. The lowest BCUT2D eigenvalue weighted by Crippen LogP contribution is -2.17. The van der Waals surface area contributed by atoms with Crippen molar-refractivity contribution in [2.45, 2.75) is 32.4 Å². The molecule has 0 saturated carbocycles. The first-order valence-corrected chi connectivity index (χ1v) is 11.6. The number of hydrogen-bond donors (Lipinski definition) is 3. The fraction of sp³-hybridized carbons (Fsp3) is 0.261. The number of aliphatic carboxylic acids is 1. The van der Waals surface area contributed by atoms with E-state index in [2.05, 4.69) is 11.6 Å². The number of benzene rings is 2. The van der Waals surface area contributed by atoms with E-state index in [1.54, 1.807) is 12.1 Å². The summed E-state index contributed by atoms with van der Waals surface area (Å²) in [5.41, 5.74) is 5.16. The number of carboxylic acid groups (broad SMARTS) is 1. The summed E-state index contributed by atoms with van der Waals surface area (Å²) in [7, 11) is -4.13. The fourth-order valence-corrected chi connectivity index (χ4v) is 4.64. The van der Waals surface area contributed by atoms with Gasteiger partial charge >= 0.3 is 5.97 Å². The molecule has 0 spiro atoms. The zero-order valence-electron chi connectivity index (χ0n) is 17.1. The Hall–Kier alpha value is -2.91. The largest absolute Gasteiger partial charge is 0.481 e. The van der Waals surface area contributed by atoms with Gasteiger partial charge in [-0.3, -0.25) is 9.36 Å². The number of hydrogen-bond acceptors (Lipinski definition) is 3. The first-order chi connectivity index (χ1) is 14.6. The maximum atomic E-state index is 13.5. The minimum Gasteiger partial charge on any atom is -0.481 e. The Bertz CT molecular complexity index is 1220. The van der Waals surface area contributed by atoms with Crippen LogP contribution in [0.3, 0.4) is 0 Å². The number of halogens is 1. The lowest BCUT2D eigenvalue weighted by Gasteiger charge is -2.13. The van der Waals surface area contributed by atoms with Crippen LogP contribution in [0.4, 0.5) is 4.39 Å². The van der Waals surface area contributed by atoms with Crippen molar-refractivity contribution in [1.82, 2.24) is 4.57 Å².